The van der Waals surface area contributed by atoms with Crippen molar-refractivity contribution in [3.05, 3.63) is 70.8 Å². The number of rotatable bonds is 5. The number of aromatic nitrogens is 1. The first kappa shape index (κ1) is 15.8. The van der Waals surface area contributed by atoms with Crippen molar-refractivity contribution in [1.82, 2.24) is 9.71 Å². The molecular formula is C16H13FN2O2S2. The van der Waals surface area contributed by atoms with Crippen molar-refractivity contribution < 1.29 is 12.8 Å². The summed E-state index contributed by atoms with van der Waals surface area (Å²) in [5.41, 5.74) is 2.47. The van der Waals surface area contributed by atoms with Crippen LogP contribution >= 0.6 is 11.3 Å². The van der Waals surface area contributed by atoms with Crippen molar-refractivity contribution >= 4 is 21.4 Å². The Labute approximate surface area is 137 Å². The second-order valence-electron chi connectivity index (χ2n) is 4.80. The van der Waals surface area contributed by atoms with Crippen LogP contribution in [0.2, 0.25) is 0 Å². The third-order valence-electron chi connectivity index (χ3n) is 3.26. The van der Waals surface area contributed by atoms with Gasteiger partial charge in [0.2, 0.25) is 10.0 Å². The van der Waals surface area contributed by atoms with Crippen LogP contribution in [-0.4, -0.2) is 13.4 Å². The van der Waals surface area contributed by atoms with E-state index in [1.165, 1.54) is 12.1 Å². The highest BCUT2D eigenvalue weighted by molar-refractivity contribution is 7.89. The maximum absolute atomic E-state index is 12.9. The molecule has 0 atom stereocenters. The average Bonchev–Trinajstić information content (AvgIpc) is 3.08. The van der Waals surface area contributed by atoms with Gasteiger partial charge >= 0.3 is 0 Å². The lowest BCUT2D eigenvalue weighted by Gasteiger charge is -2.09. The summed E-state index contributed by atoms with van der Waals surface area (Å²) in [6.45, 7) is 0.110. The Kier molecular flexibility index (Phi) is 4.51. The zero-order valence-corrected chi connectivity index (χ0v) is 13.6. The van der Waals surface area contributed by atoms with Gasteiger partial charge in [0, 0.05) is 23.7 Å². The Morgan fingerprint density at radius 3 is 2.61 bits per heavy atom. The van der Waals surface area contributed by atoms with Gasteiger partial charge in [-0.15, -0.1) is 0 Å². The van der Waals surface area contributed by atoms with E-state index in [2.05, 4.69) is 9.71 Å². The second-order valence-corrected chi connectivity index (χ2v) is 7.35. The number of pyridine rings is 1. The van der Waals surface area contributed by atoms with E-state index in [0.29, 0.717) is 0 Å². The molecule has 3 rings (SSSR count). The van der Waals surface area contributed by atoms with Gasteiger partial charge in [-0.05, 0) is 47.3 Å². The Bertz CT molecular complexity index is 892. The molecule has 0 amide bonds. The minimum atomic E-state index is -3.70. The summed E-state index contributed by atoms with van der Waals surface area (Å²) in [6.07, 6.45) is 1.67. The molecule has 0 aliphatic heterocycles. The normalized spacial score (nSPS) is 11.5. The van der Waals surface area contributed by atoms with Gasteiger partial charge in [0.05, 0.1) is 10.6 Å². The molecule has 0 unspecified atom stereocenters. The molecule has 2 heterocycles. The Balaban J connectivity index is 1.82. The SMILES string of the molecule is O=S(=O)(NCc1cccnc1-c1ccsc1)c1ccc(F)cc1. The quantitative estimate of drug-likeness (QED) is 0.768. The van der Waals surface area contributed by atoms with Gasteiger partial charge in [0.25, 0.3) is 0 Å². The average molecular weight is 348 g/mol. The Morgan fingerprint density at radius 2 is 1.91 bits per heavy atom. The molecule has 0 fully saturated rings. The second kappa shape index (κ2) is 6.57. The van der Waals surface area contributed by atoms with Crippen molar-refractivity contribution in [3.8, 4) is 11.3 Å². The summed E-state index contributed by atoms with van der Waals surface area (Å²) >= 11 is 1.55. The maximum atomic E-state index is 12.9. The van der Waals surface area contributed by atoms with Gasteiger partial charge in [-0.1, -0.05) is 6.07 Å². The third-order valence-corrected chi connectivity index (χ3v) is 5.36. The van der Waals surface area contributed by atoms with E-state index in [4.69, 9.17) is 0 Å². The van der Waals surface area contributed by atoms with E-state index in [1.54, 1.807) is 23.6 Å². The van der Waals surface area contributed by atoms with E-state index < -0.39 is 15.8 Å². The first-order chi connectivity index (χ1) is 11.1. The fraction of sp³-hybridized carbons (Fsp3) is 0.0625. The van der Waals surface area contributed by atoms with Crippen LogP contribution < -0.4 is 4.72 Å². The van der Waals surface area contributed by atoms with Crippen LogP contribution in [0.4, 0.5) is 4.39 Å². The molecule has 23 heavy (non-hydrogen) atoms. The largest absolute Gasteiger partial charge is 0.256 e. The lowest BCUT2D eigenvalue weighted by molar-refractivity contribution is 0.580. The summed E-state index contributed by atoms with van der Waals surface area (Å²) in [5, 5.41) is 3.90. The number of thiophene rings is 1. The number of hydrogen-bond donors (Lipinski definition) is 1. The minimum absolute atomic E-state index is 0.0277. The maximum Gasteiger partial charge on any atom is 0.240 e. The van der Waals surface area contributed by atoms with Crippen LogP contribution in [0, 0.1) is 5.82 Å². The summed E-state index contributed by atoms with van der Waals surface area (Å²) in [5.74, 6) is -0.476. The monoisotopic (exact) mass is 348 g/mol. The smallest absolute Gasteiger partial charge is 0.240 e. The summed E-state index contributed by atoms with van der Waals surface area (Å²) < 4.78 is 40.0. The summed E-state index contributed by atoms with van der Waals surface area (Å²) in [7, 11) is -3.70. The number of nitrogens with one attached hydrogen (secondary N) is 1. The molecule has 0 spiro atoms. The molecule has 0 saturated heterocycles. The molecule has 0 saturated carbocycles. The topological polar surface area (TPSA) is 59.1 Å². The molecule has 0 aliphatic rings. The van der Waals surface area contributed by atoms with Gasteiger partial charge in [-0.25, -0.2) is 17.5 Å². The Hall–Kier alpha value is -2.09. The van der Waals surface area contributed by atoms with Crippen LogP contribution in [0.25, 0.3) is 11.3 Å². The number of hydrogen-bond acceptors (Lipinski definition) is 4. The predicted octanol–water partition coefficient (Wildman–Crippen LogP) is 3.43. The van der Waals surface area contributed by atoms with Crippen molar-refractivity contribution in [3.63, 3.8) is 0 Å². The first-order valence-corrected chi connectivity index (χ1v) is 9.20. The van der Waals surface area contributed by atoms with Crippen LogP contribution in [-0.2, 0) is 16.6 Å². The van der Waals surface area contributed by atoms with Crippen molar-refractivity contribution in [2.45, 2.75) is 11.4 Å². The predicted molar refractivity (Wildman–Crippen MR) is 88.0 cm³/mol. The van der Waals surface area contributed by atoms with Crippen molar-refractivity contribution in [2.75, 3.05) is 0 Å². The van der Waals surface area contributed by atoms with Crippen LogP contribution in [0.5, 0.6) is 0 Å². The van der Waals surface area contributed by atoms with Crippen molar-refractivity contribution in [2.24, 2.45) is 0 Å². The lowest BCUT2D eigenvalue weighted by Crippen LogP contribution is -2.23. The van der Waals surface area contributed by atoms with Crippen LogP contribution in [0.3, 0.4) is 0 Å². The van der Waals surface area contributed by atoms with E-state index in [-0.39, 0.29) is 11.4 Å². The van der Waals surface area contributed by atoms with Gasteiger partial charge in [-0.3, -0.25) is 4.98 Å². The van der Waals surface area contributed by atoms with Gasteiger partial charge in [-0.2, -0.15) is 11.3 Å². The van der Waals surface area contributed by atoms with E-state index >= 15 is 0 Å². The van der Waals surface area contributed by atoms with E-state index in [0.717, 1.165) is 29.0 Å². The molecule has 1 aromatic carbocycles. The van der Waals surface area contributed by atoms with Gasteiger partial charge in [0.1, 0.15) is 5.82 Å². The molecule has 7 heteroatoms. The van der Waals surface area contributed by atoms with Gasteiger partial charge < -0.3 is 0 Å². The lowest BCUT2D eigenvalue weighted by atomic mass is 10.1. The number of halogens is 1. The van der Waals surface area contributed by atoms with Crippen LogP contribution in [0.15, 0.2) is 64.3 Å². The molecule has 0 aliphatic carbocycles. The zero-order valence-electron chi connectivity index (χ0n) is 11.9. The zero-order chi connectivity index (χ0) is 16.3. The fourth-order valence-electron chi connectivity index (χ4n) is 2.11. The highest BCUT2D eigenvalue weighted by Crippen LogP contribution is 2.23. The van der Waals surface area contributed by atoms with Crippen molar-refractivity contribution in [1.29, 1.82) is 0 Å². The summed E-state index contributed by atoms with van der Waals surface area (Å²) in [6, 6.07) is 10.2. The molecule has 3 aromatic rings. The molecule has 118 valence electrons. The van der Waals surface area contributed by atoms with Gasteiger partial charge in [0.15, 0.2) is 0 Å². The highest BCUT2D eigenvalue weighted by atomic mass is 32.2. The molecule has 0 radical (unpaired) electrons. The van der Waals surface area contributed by atoms with E-state index in [1.807, 2.05) is 22.9 Å². The number of nitrogens with zero attached hydrogens (tertiary/aromatic N) is 1. The number of benzene rings is 1. The molecule has 1 N–H and O–H groups in total. The fourth-order valence-corrected chi connectivity index (χ4v) is 3.76. The standard InChI is InChI=1S/C16H13FN2O2S2/c17-14-3-5-15(6-4-14)23(20,21)19-10-12-2-1-8-18-16(12)13-7-9-22-11-13/h1-9,11,19H,10H2. The first-order valence-electron chi connectivity index (χ1n) is 6.78. The molecule has 4 nitrogen and oxygen atoms in total. The highest BCUT2D eigenvalue weighted by Gasteiger charge is 2.15. The molecular weight excluding hydrogens is 335 g/mol. The summed E-state index contributed by atoms with van der Waals surface area (Å²) in [4.78, 5) is 4.36. The van der Waals surface area contributed by atoms with E-state index in [9.17, 15) is 12.8 Å². The molecule has 0 bridgehead atoms. The minimum Gasteiger partial charge on any atom is -0.256 e. The van der Waals surface area contributed by atoms with Crippen LogP contribution in [0.1, 0.15) is 5.56 Å². The molecule has 2 aromatic heterocycles. The third kappa shape index (κ3) is 3.64. The Morgan fingerprint density at radius 1 is 1.13 bits per heavy atom. The number of sulfonamides is 1.